The van der Waals surface area contributed by atoms with Crippen molar-refractivity contribution in [3.63, 3.8) is 0 Å². The molecule has 0 bridgehead atoms. The number of ether oxygens (including phenoxy) is 2. The van der Waals surface area contributed by atoms with Gasteiger partial charge in [-0.25, -0.2) is 0 Å². The van der Waals surface area contributed by atoms with Crippen molar-refractivity contribution >= 4 is 17.4 Å². The fourth-order valence-electron chi connectivity index (χ4n) is 3.43. The first-order valence-electron chi connectivity index (χ1n) is 9.55. The van der Waals surface area contributed by atoms with Crippen LogP contribution in [0.2, 0.25) is 0 Å². The summed E-state index contributed by atoms with van der Waals surface area (Å²) in [6.07, 6.45) is 0. The second-order valence-electron chi connectivity index (χ2n) is 6.85. The van der Waals surface area contributed by atoms with E-state index in [0.29, 0.717) is 24.5 Å². The highest BCUT2D eigenvalue weighted by molar-refractivity contribution is 6.46. The van der Waals surface area contributed by atoms with E-state index in [0.717, 1.165) is 11.1 Å². The van der Waals surface area contributed by atoms with Gasteiger partial charge in [-0.3, -0.25) is 9.59 Å². The van der Waals surface area contributed by atoms with Gasteiger partial charge in [-0.1, -0.05) is 29.8 Å². The number of amides is 1. The number of aliphatic hydroxyl groups is 1. The van der Waals surface area contributed by atoms with Crippen LogP contribution in [0.5, 0.6) is 5.75 Å². The Balaban J connectivity index is 2.09. The Morgan fingerprint density at radius 2 is 1.72 bits per heavy atom. The highest BCUT2D eigenvalue weighted by Crippen LogP contribution is 2.39. The van der Waals surface area contributed by atoms with E-state index in [1.54, 1.807) is 24.3 Å². The lowest BCUT2D eigenvalue weighted by molar-refractivity contribution is -0.140. The molecule has 0 aliphatic carbocycles. The summed E-state index contributed by atoms with van der Waals surface area (Å²) in [7, 11) is 1.54. The number of nitrogens with zero attached hydrogens (tertiary/aromatic N) is 1. The van der Waals surface area contributed by atoms with Gasteiger partial charge in [0.15, 0.2) is 0 Å². The Labute approximate surface area is 170 Å². The van der Waals surface area contributed by atoms with E-state index in [4.69, 9.17) is 9.47 Å². The quantitative estimate of drug-likeness (QED) is 0.441. The van der Waals surface area contributed by atoms with Crippen LogP contribution in [0.15, 0.2) is 54.1 Å². The fourth-order valence-corrected chi connectivity index (χ4v) is 3.43. The number of rotatable bonds is 7. The van der Waals surface area contributed by atoms with E-state index in [-0.39, 0.29) is 17.9 Å². The number of carbonyl (C=O) groups excluding carboxylic acids is 2. The van der Waals surface area contributed by atoms with Crippen LogP contribution in [0.4, 0.5) is 0 Å². The van der Waals surface area contributed by atoms with Gasteiger partial charge >= 0.3 is 0 Å². The standard InChI is InChI=1S/C23H25NO5/c1-4-29-18-11-9-17(10-12-18)21(25)19-20(16-7-5-15(2)6-8-16)24(13-14-28-3)23(27)22(19)26/h5-12,20,25H,4,13-14H2,1-3H3. The predicted octanol–water partition coefficient (Wildman–Crippen LogP) is 3.46. The molecule has 6 heteroatoms. The fraction of sp³-hybridized carbons (Fsp3) is 0.304. The zero-order valence-electron chi connectivity index (χ0n) is 16.8. The number of hydrogen-bond acceptors (Lipinski definition) is 5. The smallest absolute Gasteiger partial charge is 0.295 e. The van der Waals surface area contributed by atoms with E-state index in [1.807, 2.05) is 38.1 Å². The van der Waals surface area contributed by atoms with E-state index < -0.39 is 17.7 Å². The number of carbonyl (C=O) groups is 2. The molecular weight excluding hydrogens is 370 g/mol. The van der Waals surface area contributed by atoms with Crippen molar-refractivity contribution in [1.29, 1.82) is 0 Å². The normalized spacial score (nSPS) is 18.3. The van der Waals surface area contributed by atoms with Crippen LogP contribution in [0.1, 0.15) is 29.7 Å². The number of benzene rings is 2. The summed E-state index contributed by atoms with van der Waals surface area (Å²) in [5.41, 5.74) is 2.36. The van der Waals surface area contributed by atoms with E-state index >= 15 is 0 Å². The monoisotopic (exact) mass is 395 g/mol. The number of Topliss-reactive ketones (excluding diaryl/α,β-unsaturated/α-hetero) is 1. The lowest BCUT2D eigenvalue weighted by Gasteiger charge is -2.25. The number of aryl methyl sites for hydroxylation is 1. The minimum Gasteiger partial charge on any atom is -0.507 e. The van der Waals surface area contributed by atoms with Crippen molar-refractivity contribution in [2.75, 3.05) is 26.9 Å². The Morgan fingerprint density at radius 1 is 1.07 bits per heavy atom. The van der Waals surface area contributed by atoms with Crippen molar-refractivity contribution in [3.8, 4) is 5.75 Å². The van der Waals surface area contributed by atoms with Gasteiger partial charge in [0.1, 0.15) is 11.5 Å². The largest absolute Gasteiger partial charge is 0.507 e. The van der Waals surface area contributed by atoms with Crippen LogP contribution in [0.3, 0.4) is 0 Å². The molecule has 0 saturated carbocycles. The van der Waals surface area contributed by atoms with Gasteiger partial charge in [-0.15, -0.1) is 0 Å². The first kappa shape index (κ1) is 20.6. The summed E-state index contributed by atoms with van der Waals surface area (Å²) in [5, 5.41) is 11.0. The molecule has 0 spiro atoms. The molecule has 1 fully saturated rings. The third kappa shape index (κ3) is 4.17. The topological polar surface area (TPSA) is 76.1 Å². The maximum absolute atomic E-state index is 12.8. The zero-order chi connectivity index (χ0) is 21.0. The van der Waals surface area contributed by atoms with E-state index in [1.165, 1.54) is 12.0 Å². The van der Waals surface area contributed by atoms with Crippen LogP contribution in [-0.4, -0.2) is 48.6 Å². The molecule has 6 nitrogen and oxygen atoms in total. The Bertz CT molecular complexity index is 915. The number of methoxy groups -OCH3 is 1. The molecule has 1 aliphatic rings. The van der Waals surface area contributed by atoms with E-state index in [2.05, 4.69) is 0 Å². The van der Waals surface area contributed by atoms with E-state index in [9.17, 15) is 14.7 Å². The number of aliphatic hydroxyl groups excluding tert-OH is 1. The molecule has 1 N–H and O–H groups in total. The number of ketones is 1. The minimum atomic E-state index is -0.696. The summed E-state index contributed by atoms with van der Waals surface area (Å²) >= 11 is 0. The van der Waals surface area contributed by atoms with Crippen LogP contribution in [0.25, 0.3) is 5.76 Å². The molecule has 29 heavy (non-hydrogen) atoms. The highest BCUT2D eigenvalue weighted by atomic mass is 16.5. The van der Waals surface area contributed by atoms with Crippen LogP contribution in [-0.2, 0) is 14.3 Å². The van der Waals surface area contributed by atoms with Crippen LogP contribution < -0.4 is 4.74 Å². The summed E-state index contributed by atoms with van der Waals surface area (Å²) in [6, 6.07) is 13.7. The maximum Gasteiger partial charge on any atom is 0.295 e. The lowest BCUT2D eigenvalue weighted by Crippen LogP contribution is -2.32. The van der Waals surface area contributed by atoms with Gasteiger partial charge in [-0.2, -0.15) is 0 Å². The molecule has 2 aromatic carbocycles. The van der Waals surface area contributed by atoms with Gasteiger partial charge in [0, 0.05) is 19.2 Å². The van der Waals surface area contributed by atoms with Gasteiger partial charge in [0.25, 0.3) is 11.7 Å². The molecule has 1 heterocycles. The average molecular weight is 395 g/mol. The van der Waals surface area contributed by atoms with Crippen molar-refractivity contribution < 1.29 is 24.2 Å². The highest BCUT2D eigenvalue weighted by Gasteiger charge is 2.45. The first-order chi connectivity index (χ1) is 14.0. The molecule has 0 radical (unpaired) electrons. The Morgan fingerprint density at radius 3 is 2.31 bits per heavy atom. The molecule has 1 saturated heterocycles. The maximum atomic E-state index is 12.8. The van der Waals surface area contributed by atoms with Crippen molar-refractivity contribution in [3.05, 3.63) is 70.8 Å². The van der Waals surface area contributed by atoms with Gasteiger partial charge in [0.05, 0.1) is 24.8 Å². The third-order valence-corrected chi connectivity index (χ3v) is 4.91. The van der Waals surface area contributed by atoms with Crippen LogP contribution >= 0.6 is 0 Å². The van der Waals surface area contributed by atoms with Gasteiger partial charge in [-0.05, 0) is 43.7 Å². The summed E-state index contributed by atoms with van der Waals surface area (Å²) in [4.78, 5) is 27.0. The Kier molecular flexibility index (Phi) is 6.34. The summed E-state index contributed by atoms with van der Waals surface area (Å²) in [5.74, 6) is -0.866. The second-order valence-corrected chi connectivity index (χ2v) is 6.85. The zero-order valence-corrected chi connectivity index (χ0v) is 16.8. The lowest BCUT2D eigenvalue weighted by atomic mass is 9.94. The van der Waals surface area contributed by atoms with Gasteiger partial charge < -0.3 is 19.5 Å². The molecule has 1 unspecified atom stereocenters. The molecule has 1 amide bonds. The van der Waals surface area contributed by atoms with Gasteiger partial charge in [0.2, 0.25) is 0 Å². The summed E-state index contributed by atoms with van der Waals surface area (Å²) in [6.45, 7) is 4.92. The summed E-state index contributed by atoms with van der Waals surface area (Å²) < 4.78 is 10.5. The average Bonchev–Trinajstić information content (AvgIpc) is 2.98. The van der Waals surface area contributed by atoms with Crippen molar-refractivity contribution in [2.24, 2.45) is 0 Å². The molecule has 152 valence electrons. The third-order valence-electron chi connectivity index (χ3n) is 4.91. The van der Waals surface area contributed by atoms with Crippen LogP contribution in [0, 0.1) is 6.92 Å². The van der Waals surface area contributed by atoms with Crippen molar-refractivity contribution in [1.82, 2.24) is 4.90 Å². The predicted molar refractivity (Wildman–Crippen MR) is 110 cm³/mol. The minimum absolute atomic E-state index is 0.0825. The number of hydrogen-bond donors (Lipinski definition) is 1. The number of likely N-dealkylation sites (tertiary alicyclic amines) is 1. The molecule has 0 aromatic heterocycles. The molecule has 1 atom stereocenters. The molecular formula is C23H25NO5. The second kappa shape index (κ2) is 8.92. The molecule has 3 rings (SSSR count). The van der Waals surface area contributed by atoms with Crippen molar-refractivity contribution in [2.45, 2.75) is 19.9 Å². The molecule has 1 aliphatic heterocycles. The SMILES string of the molecule is CCOc1ccc(C(O)=C2C(=O)C(=O)N(CCOC)C2c2ccc(C)cc2)cc1. The molecule has 2 aromatic rings. The Hall–Kier alpha value is -3.12. The first-order valence-corrected chi connectivity index (χ1v) is 9.55.